The van der Waals surface area contributed by atoms with Crippen LogP contribution in [0, 0.1) is 12.7 Å². The molecule has 0 saturated carbocycles. The number of carbonyl (C=O) groups excluding carboxylic acids is 2. The Morgan fingerprint density at radius 1 is 0.978 bits per heavy atom. The van der Waals surface area contributed by atoms with E-state index in [0.717, 1.165) is 28.0 Å². The number of nitrogens with zero attached hydrogens (tertiary/aromatic N) is 3. The van der Waals surface area contributed by atoms with Gasteiger partial charge in [-0.2, -0.15) is 0 Å². The Morgan fingerprint density at radius 2 is 1.73 bits per heavy atom. The highest BCUT2D eigenvalue weighted by atomic mass is 35.5. The van der Waals surface area contributed by atoms with E-state index in [2.05, 4.69) is 10.2 Å². The lowest BCUT2D eigenvalue weighted by atomic mass is 9.95. The summed E-state index contributed by atoms with van der Waals surface area (Å²) in [5, 5.41) is 20.5. The molecule has 0 bridgehead atoms. The van der Waals surface area contributed by atoms with Crippen molar-refractivity contribution in [2.75, 3.05) is 4.90 Å². The zero-order valence-corrected chi connectivity index (χ0v) is 26.2. The molecule has 1 fully saturated rings. The summed E-state index contributed by atoms with van der Waals surface area (Å²) in [5.74, 6) is -1.25. The largest absolute Gasteiger partial charge is 0.507 e. The third-order valence-electron chi connectivity index (χ3n) is 7.10. The predicted molar refractivity (Wildman–Crippen MR) is 174 cm³/mol. The number of ketones is 1. The van der Waals surface area contributed by atoms with E-state index in [4.69, 9.17) is 16.3 Å². The second kappa shape index (κ2) is 13.2. The first-order valence-electron chi connectivity index (χ1n) is 13.8. The van der Waals surface area contributed by atoms with E-state index in [9.17, 15) is 19.1 Å². The Hall–Kier alpha value is -4.51. The number of amides is 1. The summed E-state index contributed by atoms with van der Waals surface area (Å²) >= 11 is 8.83. The van der Waals surface area contributed by atoms with E-state index in [1.165, 1.54) is 28.8 Å². The van der Waals surface area contributed by atoms with Gasteiger partial charge in [-0.3, -0.25) is 14.5 Å². The SMILES string of the molecule is Cc1cccc(COc2ccc(/C(O)=C3\C(=O)C(=O)N(c4nnc(SCc5ccc(F)cc5)s4)C3c3cccc(Cl)c3)cc2)c1. The van der Waals surface area contributed by atoms with E-state index in [1.807, 2.05) is 31.2 Å². The lowest BCUT2D eigenvalue weighted by molar-refractivity contribution is -0.132. The quantitative estimate of drug-likeness (QED) is 0.0562. The number of rotatable bonds is 9. The summed E-state index contributed by atoms with van der Waals surface area (Å²) < 4.78 is 19.7. The fourth-order valence-electron chi connectivity index (χ4n) is 4.94. The Bertz CT molecular complexity index is 1910. The van der Waals surface area contributed by atoms with Crippen molar-refractivity contribution in [2.45, 2.75) is 29.7 Å². The van der Waals surface area contributed by atoms with Gasteiger partial charge in [-0.15, -0.1) is 10.2 Å². The molecule has 226 valence electrons. The number of aliphatic hydroxyl groups excluding tert-OH is 1. The molecule has 1 N–H and O–H groups in total. The number of carbonyl (C=O) groups is 2. The molecule has 1 atom stereocenters. The number of hydrogen-bond donors (Lipinski definition) is 1. The maximum atomic E-state index is 13.5. The molecule has 7 nitrogen and oxygen atoms in total. The smallest absolute Gasteiger partial charge is 0.301 e. The molecule has 6 rings (SSSR count). The van der Waals surface area contributed by atoms with E-state index < -0.39 is 17.7 Å². The van der Waals surface area contributed by atoms with Gasteiger partial charge in [0.05, 0.1) is 11.6 Å². The Morgan fingerprint density at radius 3 is 2.47 bits per heavy atom. The van der Waals surface area contributed by atoms with Crippen LogP contribution in [-0.4, -0.2) is 27.0 Å². The van der Waals surface area contributed by atoms with Crippen molar-refractivity contribution in [1.82, 2.24) is 10.2 Å². The minimum absolute atomic E-state index is 0.0913. The molecule has 4 aromatic carbocycles. The van der Waals surface area contributed by atoms with Gasteiger partial charge in [0.1, 0.15) is 23.9 Å². The second-order valence-corrected chi connectivity index (χ2v) is 12.9. The van der Waals surface area contributed by atoms with Gasteiger partial charge in [-0.1, -0.05) is 88.8 Å². The van der Waals surface area contributed by atoms with Crippen LogP contribution < -0.4 is 9.64 Å². The van der Waals surface area contributed by atoms with Gasteiger partial charge >= 0.3 is 5.91 Å². The monoisotopic (exact) mass is 657 g/mol. The molecule has 11 heteroatoms. The number of aryl methyl sites for hydroxylation is 1. The second-order valence-electron chi connectivity index (χ2n) is 10.3. The predicted octanol–water partition coefficient (Wildman–Crippen LogP) is 8.14. The Kier molecular flexibility index (Phi) is 8.97. The fourth-order valence-corrected chi connectivity index (χ4v) is 6.96. The zero-order valence-electron chi connectivity index (χ0n) is 23.8. The Balaban J connectivity index is 1.29. The van der Waals surface area contributed by atoms with Crippen LogP contribution in [0.3, 0.4) is 0 Å². The van der Waals surface area contributed by atoms with Crippen molar-refractivity contribution >= 4 is 57.3 Å². The summed E-state index contributed by atoms with van der Waals surface area (Å²) in [6, 6.07) is 26.6. The van der Waals surface area contributed by atoms with Gasteiger partial charge in [0.25, 0.3) is 5.78 Å². The molecule has 2 heterocycles. The molecule has 1 unspecified atom stereocenters. The number of hydrogen-bond acceptors (Lipinski definition) is 8. The maximum Gasteiger partial charge on any atom is 0.301 e. The summed E-state index contributed by atoms with van der Waals surface area (Å²) in [7, 11) is 0. The number of aromatic nitrogens is 2. The molecule has 0 aliphatic carbocycles. The van der Waals surface area contributed by atoms with Gasteiger partial charge < -0.3 is 9.84 Å². The third kappa shape index (κ3) is 6.78. The number of aliphatic hydroxyl groups is 1. The minimum Gasteiger partial charge on any atom is -0.507 e. The van der Waals surface area contributed by atoms with Crippen LogP contribution in [0.25, 0.3) is 5.76 Å². The number of thioether (sulfide) groups is 1. The van der Waals surface area contributed by atoms with Crippen LogP contribution >= 0.6 is 34.7 Å². The van der Waals surface area contributed by atoms with Crippen LogP contribution in [0.5, 0.6) is 5.75 Å². The van der Waals surface area contributed by atoms with Crippen LogP contribution in [0.2, 0.25) is 5.02 Å². The summed E-state index contributed by atoms with van der Waals surface area (Å²) in [5.41, 5.74) is 3.83. The van der Waals surface area contributed by atoms with Gasteiger partial charge in [0.2, 0.25) is 5.13 Å². The van der Waals surface area contributed by atoms with Crippen molar-refractivity contribution in [3.63, 3.8) is 0 Å². The number of Topliss-reactive ketones (excluding diaryl/α,β-unsaturated/α-hetero) is 1. The molecule has 0 radical (unpaired) electrons. The van der Waals surface area contributed by atoms with Crippen molar-refractivity contribution in [3.05, 3.63) is 141 Å². The molecule has 0 spiro atoms. The highest BCUT2D eigenvalue weighted by Gasteiger charge is 2.48. The molecule has 5 aromatic rings. The maximum absolute atomic E-state index is 13.5. The van der Waals surface area contributed by atoms with Gasteiger partial charge in [-0.25, -0.2) is 4.39 Å². The first kappa shape index (κ1) is 30.5. The van der Waals surface area contributed by atoms with Crippen LogP contribution in [0.1, 0.15) is 33.9 Å². The van der Waals surface area contributed by atoms with Gasteiger partial charge in [0, 0.05) is 16.3 Å². The van der Waals surface area contributed by atoms with Crippen molar-refractivity contribution in [1.29, 1.82) is 0 Å². The molecule has 1 aliphatic rings. The first-order chi connectivity index (χ1) is 21.8. The number of benzene rings is 4. The average molecular weight is 658 g/mol. The van der Waals surface area contributed by atoms with E-state index >= 15 is 0 Å². The first-order valence-corrected chi connectivity index (χ1v) is 16.0. The normalized spacial score (nSPS) is 15.9. The minimum atomic E-state index is -0.996. The van der Waals surface area contributed by atoms with E-state index in [0.29, 0.717) is 38.6 Å². The number of anilines is 1. The molecule has 1 saturated heterocycles. The zero-order chi connectivity index (χ0) is 31.5. The lowest BCUT2D eigenvalue weighted by Crippen LogP contribution is -2.29. The highest BCUT2D eigenvalue weighted by Crippen LogP contribution is 2.44. The van der Waals surface area contributed by atoms with Crippen molar-refractivity contribution in [2.24, 2.45) is 0 Å². The van der Waals surface area contributed by atoms with Gasteiger partial charge in [-0.05, 0) is 72.1 Å². The summed E-state index contributed by atoms with van der Waals surface area (Å²) in [6.45, 7) is 2.39. The van der Waals surface area contributed by atoms with Crippen molar-refractivity contribution < 1.29 is 23.8 Å². The lowest BCUT2D eigenvalue weighted by Gasteiger charge is -2.22. The number of ether oxygens (including phenoxy) is 1. The summed E-state index contributed by atoms with van der Waals surface area (Å²) in [4.78, 5) is 28.3. The average Bonchev–Trinajstić information content (AvgIpc) is 3.61. The molecule has 1 aromatic heterocycles. The van der Waals surface area contributed by atoms with Gasteiger partial charge in [0.15, 0.2) is 4.34 Å². The van der Waals surface area contributed by atoms with Crippen LogP contribution in [0.15, 0.2) is 107 Å². The topological polar surface area (TPSA) is 92.6 Å². The Labute approximate surface area is 272 Å². The van der Waals surface area contributed by atoms with E-state index in [-0.39, 0.29) is 22.3 Å². The fraction of sp³-hybridized carbons (Fsp3) is 0.118. The van der Waals surface area contributed by atoms with Crippen LogP contribution in [-0.2, 0) is 21.9 Å². The summed E-state index contributed by atoms with van der Waals surface area (Å²) in [6.07, 6.45) is 0. The molecule has 1 amide bonds. The van der Waals surface area contributed by atoms with Crippen molar-refractivity contribution in [3.8, 4) is 5.75 Å². The van der Waals surface area contributed by atoms with Crippen LogP contribution in [0.4, 0.5) is 9.52 Å². The third-order valence-corrected chi connectivity index (χ3v) is 9.46. The molecular weight excluding hydrogens is 633 g/mol. The molecular formula is C34H25ClFN3O4S2. The molecule has 45 heavy (non-hydrogen) atoms. The standard InChI is InChI=1S/C34H25ClFN3O4S2/c1-20-4-2-5-22(16-20)18-43-27-14-10-23(11-15-27)30(40)28-29(24-6-3-7-25(35)17-24)39(32(42)31(28)41)33-37-38-34(45-33)44-19-21-8-12-26(36)13-9-21/h2-17,29,40H,18-19H2,1H3/b30-28+. The highest BCUT2D eigenvalue weighted by molar-refractivity contribution is 8.00. The number of halogens is 2. The van der Waals surface area contributed by atoms with E-state index in [1.54, 1.807) is 60.7 Å². The molecule has 1 aliphatic heterocycles.